The van der Waals surface area contributed by atoms with Crippen molar-refractivity contribution in [2.24, 2.45) is 5.73 Å². The number of nitrogens with one attached hydrogen (secondary N) is 1. The highest BCUT2D eigenvalue weighted by atomic mass is 16.1. The molecular formula is C15H19N5O. The largest absolute Gasteiger partial charge is 0.330 e. The molecule has 1 amide bonds. The lowest BCUT2D eigenvalue weighted by atomic mass is 10.1. The first-order valence-electron chi connectivity index (χ1n) is 7.30. The fourth-order valence-corrected chi connectivity index (χ4v) is 2.58. The third-order valence-corrected chi connectivity index (χ3v) is 3.66. The van der Waals surface area contributed by atoms with Crippen molar-refractivity contribution >= 4 is 11.6 Å². The van der Waals surface area contributed by atoms with Crippen LogP contribution in [0, 0.1) is 0 Å². The predicted molar refractivity (Wildman–Crippen MR) is 80.7 cm³/mol. The summed E-state index contributed by atoms with van der Waals surface area (Å²) in [4.78, 5) is 11.5. The van der Waals surface area contributed by atoms with E-state index < -0.39 is 0 Å². The van der Waals surface area contributed by atoms with E-state index in [1.807, 2.05) is 24.3 Å². The molecule has 1 aromatic carbocycles. The van der Waals surface area contributed by atoms with Crippen molar-refractivity contribution < 1.29 is 4.79 Å². The van der Waals surface area contributed by atoms with E-state index in [0.29, 0.717) is 13.0 Å². The van der Waals surface area contributed by atoms with Crippen molar-refractivity contribution in [3.05, 3.63) is 30.1 Å². The third kappa shape index (κ3) is 2.95. The van der Waals surface area contributed by atoms with Crippen LogP contribution in [-0.4, -0.2) is 27.2 Å². The van der Waals surface area contributed by atoms with Crippen LogP contribution in [0.4, 0.5) is 5.69 Å². The van der Waals surface area contributed by atoms with E-state index in [-0.39, 0.29) is 5.91 Å². The Kier molecular flexibility index (Phi) is 3.96. The van der Waals surface area contributed by atoms with Crippen LogP contribution < -0.4 is 11.1 Å². The van der Waals surface area contributed by atoms with Crippen LogP contribution in [0.25, 0.3) is 11.4 Å². The van der Waals surface area contributed by atoms with E-state index in [9.17, 15) is 4.79 Å². The summed E-state index contributed by atoms with van der Waals surface area (Å²) < 4.78 is 2.19. The predicted octanol–water partition coefficient (Wildman–Crippen LogP) is 1.57. The number of benzene rings is 1. The van der Waals surface area contributed by atoms with Gasteiger partial charge in [0.25, 0.3) is 0 Å². The summed E-state index contributed by atoms with van der Waals surface area (Å²) in [6, 6.07) is 7.69. The first kappa shape index (κ1) is 13.8. The Balaban J connectivity index is 1.78. The highest BCUT2D eigenvalue weighted by Gasteiger charge is 2.16. The number of nitrogens with two attached hydrogens (primary N) is 1. The first-order valence-corrected chi connectivity index (χ1v) is 7.30. The van der Waals surface area contributed by atoms with Gasteiger partial charge in [-0.1, -0.05) is 0 Å². The first-order chi connectivity index (χ1) is 10.3. The molecule has 6 heteroatoms. The minimum absolute atomic E-state index is 0.0647. The van der Waals surface area contributed by atoms with Gasteiger partial charge in [-0.3, -0.25) is 4.79 Å². The van der Waals surface area contributed by atoms with Crippen LogP contribution >= 0.6 is 0 Å². The van der Waals surface area contributed by atoms with Gasteiger partial charge in [0.2, 0.25) is 5.91 Å². The Morgan fingerprint density at radius 1 is 1.24 bits per heavy atom. The minimum atomic E-state index is -0.0647. The smallest absolute Gasteiger partial charge is 0.225 e. The maximum atomic E-state index is 11.5. The Morgan fingerprint density at radius 2 is 2.05 bits per heavy atom. The van der Waals surface area contributed by atoms with Crippen LogP contribution in [0.3, 0.4) is 0 Å². The Labute approximate surface area is 123 Å². The van der Waals surface area contributed by atoms with Gasteiger partial charge >= 0.3 is 0 Å². The second-order valence-corrected chi connectivity index (χ2v) is 5.21. The van der Waals surface area contributed by atoms with E-state index in [4.69, 9.17) is 5.73 Å². The number of carbonyl (C=O) groups excluding carboxylic acids is 1. The minimum Gasteiger partial charge on any atom is -0.330 e. The summed E-state index contributed by atoms with van der Waals surface area (Å²) in [6.45, 7) is 1.34. The average Bonchev–Trinajstić information content (AvgIpc) is 2.92. The lowest BCUT2D eigenvalue weighted by molar-refractivity contribution is -0.116. The van der Waals surface area contributed by atoms with E-state index >= 15 is 0 Å². The van der Waals surface area contributed by atoms with E-state index in [1.165, 1.54) is 12.8 Å². The van der Waals surface area contributed by atoms with Gasteiger partial charge in [-0.05, 0) is 37.1 Å². The zero-order valence-corrected chi connectivity index (χ0v) is 11.9. The fourth-order valence-electron chi connectivity index (χ4n) is 2.58. The molecule has 0 radical (unpaired) electrons. The van der Waals surface area contributed by atoms with Crippen molar-refractivity contribution in [1.82, 2.24) is 14.8 Å². The average molecular weight is 285 g/mol. The van der Waals surface area contributed by atoms with Crippen LogP contribution in [-0.2, 0) is 17.8 Å². The highest BCUT2D eigenvalue weighted by Crippen LogP contribution is 2.24. The number of anilines is 1. The molecule has 3 N–H and O–H groups in total. The second-order valence-electron chi connectivity index (χ2n) is 5.21. The van der Waals surface area contributed by atoms with Gasteiger partial charge < -0.3 is 15.6 Å². The van der Waals surface area contributed by atoms with Crippen LogP contribution in [0.2, 0.25) is 0 Å². The number of nitrogens with zero attached hydrogens (tertiary/aromatic N) is 3. The topological polar surface area (TPSA) is 85.8 Å². The summed E-state index contributed by atoms with van der Waals surface area (Å²) in [5.74, 6) is 1.91. The molecular weight excluding hydrogens is 266 g/mol. The van der Waals surface area contributed by atoms with Gasteiger partial charge in [-0.15, -0.1) is 10.2 Å². The molecule has 1 aromatic heterocycles. The van der Waals surface area contributed by atoms with E-state index in [0.717, 1.165) is 35.9 Å². The molecule has 1 aliphatic rings. The van der Waals surface area contributed by atoms with Gasteiger partial charge in [0, 0.05) is 37.2 Å². The van der Waals surface area contributed by atoms with Gasteiger partial charge in [0.05, 0.1) is 0 Å². The standard InChI is InChI=1S/C15H19N5O/c16-9-8-14(21)17-12-6-4-11(5-7-12)15-19-18-13-3-1-2-10-20(13)15/h4-7H,1-3,8-10,16H2,(H,17,21). The molecule has 110 valence electrons. The van der Waals surface area contributed by atoms with Gasteiger partial charge in [0.15, 0.2) is 5.82 Å². The highest BCUT2D eigenvalue weighted by molar-refractivity contribution is 5.91. The Hall–Kier alpha value is -2.21. The normalized spacial score (nSPS) is 13.8. The van der Waals surface area contributed by atoms with Crippen molar-refractivity contribution in [3.8, 4) is 11.4 Å². The fraction of sp³-hybridized carbons (Fsp3) is 0.400. The molecule has 3 rings (SSSR count). The molecule has 0 unspecified atom stereocenters. The molecule has 0 aliphatic carbocycles. The molecule has 6 nitrogen and oxygen atoms in total. The zero-order valence-electron chi connectivity index (χ0n) is 11.9. The molecule has 0 bridgehead atoms. The Bertz CT molecular complexity index is 632. The van der Waals surface area contributed by atoms with Gasteiger partial charge in [-0.2, -0.15) is 0 Å². The molecule has 0 fully saturated rings. The number of rotatable bonds is 4. The lowest BCUT2D eigenvalue weighted by Crippen LogP contribution is -2.16. The lowest BCUT2D eigenvalue weighted by Gasteiger charge is -2.14. The monoisotopic (exact) mass is 285 g/mol. The van der Waals surface area contributed by atoms with Crippen molar-refractivity contribution in [1.29, 1.82) is 0 Å². The molecule has 0 saturated heterocycles. The van der Waals surface area contributed by atoms with Gasteiger partial charge in [-0.25, -0.2) is 0 Å². The summed E-state index contributed by atoms with van der Waals surface area (Å²) in [5, 5.41) is 11.4. The second kappa shape index (κ2) is 6.05. The quantitative estimate of drug-likeness (QED) is 0.892. The van der Waals surface area contributed by atoms with Crippen molar-refractivity contribution in [3.63, 3.8) is 0 Å². The van der Waals surface area contributed by atoms with E-state index in [2.05, 4.69) is 20.1 Å². The number of hydrogen-bond acceptors (Lipinski definition) is 4. The number of fused-ring (bicyclic) bond motifs is 1. The van der Waals surface area contributed by atoms with Crippen molar-refractivity contribution in [2.45, 2.75) is 32.2 Å². The summed E-state index contributed by atoms with van der Waals surface area (Å²) >= 11 is 0. The number of hydrogen-bond donors (Lipinski definition) is 2. The van der Waals surface area contributed by atoms with Crippen LogP contribution in [0.1, 0.15) is 25.1 Å². The molecule has 0 spiro atoms. The summed E-state index contributed by atoms with van der Waals surface area (Å²) in [7, 11) is 0. The third-order valence-electron chi connectivity index (χ3n) is 3.66. The van der Waals surface area contributed by atoms with Gasteiger partial charge in [0.1, 0.15) is 5.82 Å². The SMILES string of the molecule is NCCC(=O)Nc1ccc(-c2nnc3n2CCCC3)cc1. The zero-order chi connectivity index (χ0) is 14.7. The maximum Gasteiger partial charge on any atom is 0.225 e. The molecule has 2 heterocycles. The summed E-state index contributed by atoms with van der Waals surface area (Å²) in [6.07, 6.45) is 3.69. The summed E-state index contributed by atoms with van der Waals surface area (Å²) in [5.41, 5.74) is 7.15. The molecule has 0 atom stereocenters. The molecule has 2 aromatic rings. The number of amides is 1. The molecule has 21 heavy (non-hydrogen) atoms. The van der Waals surface area contributed by atoms with Crippen LogP contribution in [0.15, 0.2) is 24.3 Å². The van der Waals surface area contributed by atoms with E-state index in [1.54, 1.807) is 0 Å². The number of aryl methyl sites for hydroxylation is 1. The molecule has 1 aliphatic heterocycles. The number of carbonyl (C=O) groups is 1. The Morgan fingerprint density at radius 3 is 2.81 bits per heavy atom. The van der Waals surface area contributed by atoms with Crippen LogP contribution in [0.5, 0.6) is 0 Å². The molecule has 0 saturated carbocycles. The number of aromatic nitrogens is 3. The maximum absolute atomic E-state index is 11.5. The van der Waals surface area contributed by atoms with Crippen molar-refractivity contribution in [2.75, 3.05) is 11.9 Å².